The Bertz CT molecular complexity index is 859. The minimum atomic E-state index is -1.25. The van der Waals surface area contributed by atoms with Crippen LogP contribution in [0.4, 0.5) is 11.8 Å². The van der Waals surface area contributed by atoms with Crippen molar-refractivity contribution in [1.29, 1.82) is 0 Å². The lowest BCUT2D eigenvalue weighted by Crippen LogP contribution is -2.33. The third-order valence-electron chi connectivity index (χ3n) is 5.48. The van der Waals surface area contributed by atoms with E-state index in [1.54, 1.807) is 0 Å². The van der Waals surface area contributed by atoms with Gasteiger partial charge >= 0.3 is 0 Å². The normalized spacial score (nSPS) is 25.4. The maximum Gasteiger partial charge on any atom is 0.247 e. The van der Waals surface area contributed by atoms with Gasteiger partial charge in [0, 0.05) is 6.21 Å². The van der Waals surface area contributed by atoms with Crippen LogP contribution in [0.15, 0.2) is 11.4 Å². The molecule has 5 atom stereocenters. The van der Waals surface area contributed by atoms with E-state index in [-0.39, 0.29) is 11.8 Å². The number of imidazole rings is 1. The summed E-state index contributed by atoms with van der Waals surface area (Å²) in [4.78, 5) is 12.7. The van der Waals surface area contributed by atoms with Gasteiger partial charge in [0.1, 0.15) is 23.8 Å². The maximum absolute atomic E-state index is 10.3. The first-order valence-corrected chi connectivity index (χ1v) is 10.4. The first-order chi connectivity index (χ1) is 14.5. The monoisotopic (exact) mass is 421 g/mol. The van der Waals surface area contributed by atoms with E-state index >= 15 is 0 Å². The van der Waals surface area contributed by atoms with Gasteiger partial charge in [-0.2, -0.15) is 15.1 Å². The zero-order chi connectivity index (χ0) is 21.7. The summed E-state index contributed by atoms with van der Waals surface area (Å²) in [6, 6.07) is 0. The molecule has 0 saturated carbocycles. The molecule has 0 spiro atoms. The Kier molecular flexibility index (Phi) is 7.53. The molecule has 2 aromatic heterocycles. The Morgan fingerprint density at radius 3 is 2.80 bits per heavy atom. The molecule has 1 aliphatic heterocycles. The molecule has 1 saturated heterocycles. The second-order valence-corrected chi connectivity index (χ2v) is 7.56. The Hall–Kier alpha value is -2.34. The summed E-state index contributed by atoms with van der Waals surface area (Å²) in [6.45, 7) is 3.94. The van der Waals surface area contributed by atoms with Crippen LogP contribution < -0.4 is 11.2 Å². The average molecular weight is 422 g/mol. The van der Waals surface area contributed by atoms with Crippen LogP contribution in [0.1, 0.15) is 52.2 Å². The first-order valence-electron chi connectivity index (χ1n) is 10.4. The van der Waals surface area contributed by atoms with Crippen molar-refractivity contribution in [3.8, 4) is 0 Å². The van der Waals surface area contributed by atoms with Crippen LogP contribution in [0.2, 0.25) is 0 Å². The second kappa shape index (κ2) is 10.1. The molecule has 2 aromatic rings. The standard InChI is InChI=1S/C19H31N7O4/c1-3-5-6-11(4-2)7-8-22-25-19-23-16(20)13-17(24-19)26(10-21-13)18-15(29)14(28)12(9-27)30-18/h8,10-12,14-15,18,27-29H,3-7,9H2,1-2H3,(H3,20,23,24,25)/t11?,12-,14-,15-,18-/m1/s1. The molecule has 1 unspecified atom stereocenters. The molecule has 0 aliphatic carbocycles. The van der Waals surface area contributed by atoms with Gasteiger partial charge in [-0.3, -0.25) is 4.57 Å². The summed E-state index contributed by atoms with van der Waals surface area (Å²) in [5.41, 5.74) is 9.46. The van der Waals surface area contributed by atoms with Crippen molar-refractivity contribution < 1.29 is 20.1 Å². The van der Waals surface area contributed by atoms with E-state index in [1.807, 2.05) is 6.21 Å². The average Bonchev–Trinajstić information content (AvgIpc) is 3.29. The largest absolute Gasteiger partial charge is 0.394 e. The van der Waals surface area contributed by atoms with Crippen molar-refractivity contribution in [1.82, 2.24) is 19.5 Å². The molecular formula is C19H31N7O4. The van der Waals surface area contributed by atoms with Gasteiger partial charge in [-0.15, -0.1) is 0 Å². The number of unbranched alkanes of at least 4 members (excludes halogenated alkanes) is 1. The fourth-order valence-electron chi connectivity index (χ4n) is 3.57. The highest BCUT2D eigenvalue weighted by atomic mass is 16.6. The number of ether oxygens (including phenoxy) is 1. The number of fused-ring (bicyclic) bond motifs is 1. The fourth-order valence-corrected chi connectivity index (χ4v) is 3.57. The summed E-state index contributed by atoms with van der Waals surface area (Å²) in [5.74, 6) is 0.932. The zero-order valence-electron chi connectivity index (χ0n) is 17.3. The Balaban J connectivity index is 1.75. The van der Waals surface area contributed by atoms with Gasteiger partial charge in [-0.05, 0) is 12.3 Å². The highest BCUT2D eigenvalue weighted by Crippen LogP contribution is 2.32. The van der Waals surface area contributed by atoms with Crippen molar-refractivity contribution in [3.63, 3.8) is 0 Å². The smallest absolute Gasteiger partial charge is 0.247 e. The lowest BCUT2D eigenvalue weighted by atomic mass is 9.97. The maximum atomic E-state index is 10.3. The van der Waals surface area contributed by atoms with E-state index in [0.717, 1.165) is 12.8 Å². The van der Waals surface area contributed by atoms with Crippen molar-refractivity contribution in [2.24, 2.45) is 11.0 Å². The third kappa shape index (κ3) is 4.69. The zero-order valence-corrected chi connectivity index (χ0v) is 17.3. The number of hydrazone groups is 1. The number of hydrogen-bond acceptors (Lipinski definition) is 10. The molecule has 6 N–H and O–H groups in total. The molecule has 3 heterocycles. The molecule has 0 bridgehead atoms. The second-order valence-electron chi connectivity index (χ2n) is 7.56. The van der Waals surface area contributed by atoms with E-state index in [9.17, 15) is 15.3 Å². The number of aliphatic hydroxyl groups is 3. The molecule has 1 aliphatic rings. The SMILES string of the molecule is CCCCC(CC)CC=NNc1nc(N)c2ncn([C@@H]3O[C@H](CO)[C@@H](O)[C@H]3O)c2n1. The molecule has 30 heavy (non-hydrogen) atoms. The molecule has 0 amide bonds. The number of nitrogens with zero attached hydrogens (tertiary/aromatic N) is 5. The van der Waals surface area contributed by atoms with Gasteiger partial charge in [-0.1, -0.05) is 39.5 Å². The number of anilines is 2. The number of rotatable bonds is 10. The van der Waals surface area contributed by atoms with Crippen LogP contribution in [0.3, 0.4) is 0 Å². The summed E-state index contributed by atoms with van der Waals surface area (Å²) >= 11 is 0. The molecule has 0 aromatic carbocycles. The highest BCUT2D eigenvalue weighted by Gasteiger charge is 2.44. The van der Waals surface area contributed by atoms with Crippen LogP contribution >= 0.6 is 0 Å². The molecular weight excluding hydrogens is 390 g/mol. The van der Waals surface area contributed by atoms with Crippen molar-refractivity contribution in [2.75, 3.05) is 17.8 Å². The lowest BCUT2D eigenvalue weighted by Gasteiger charge is -2.16. The van der Waals surface area contributed by atoms with Crippen LogP contribution in [-0.2, 0) is 4.74 Å². The molecule has 11 nitrogen and oxygen atoms in total. The highest BCUT2D eigenvalue weighted by molar-refractivity contribution is 5.83. The van der Waals surface area contributed by atoms with Crippen molar-refractivity contribution in [3.05, 3.63) is 6.33 Å². The molecule has 1 fully saturated rings. The molecule has 0 radical (unpaired) electrons. The number of hydrogen-bond donors (Lipinski definition) is 5. The Morgan fingerprint density at radius 1 is 1.33 bits per heavy atom. The van der Waals surface area contributed by atoms with E-state index in [1.165, 1.54) is 30.2 Å². The van der Waals surface area contributed by atoms with Crippen molar-refractivity contribution in [2.45, 2.75) is 70.5 Å². The third-order valence-corrected chi connectivity index (χ3v) is 5.48. The van der Waals surface area contributed by atoms with Crippen molar-refractivity contribution >= 4 is 29.1 Å². The predicted octanol–water partition coefficient (Wildman–Crippen LogP) is 1.02. The lowest BCUT2D eigenvalue weighted by molar-refractivity contribution is -0.0511. The van der Waals surface area contributed by atoms with E-state index < -0.39 is 31.1 Å². The van der Waals surface area contributed by atoms with Gasteiger partial charge in [0.25, 0.3) is 0 Å². The first kappa shape index (κ1) is 22.3. The van der Waals surface area contributed by atoms with Gasteiger partial charge in [-0.25, -0.2) is 10.4 Å². The summed E-state index contributed by atoms with van der Waals surface area (Å²) in [6.07, 6.45) is 4.42. The number of aromatic nitrogens is 4. The number of aliphatic hydroxyl groups excluding tert-OH is 3. The van der Waals surface area contributed by atoms with E-state index in [0.29, 0.717) is 17.1 Å². The van der Waals surface area contributed by atoms with E-state index in [4.69, 9.17) is 10.5 Å². The van der Waals surface area contributed by atoms with Crippen LogP contribution in [0.5, 0.6) is 0 Å². The van der Waals surface area contributed by atoms with Crippen LogP contribution in [0.25, 0.3) is 11.2 Å². The Morgan fingerprint density at radius 2 is 2.13 bits per heavy atom. The van der Waals surface area contributed by atoms with Crippen LogP contribution in [-0.4, -0.2) is 66.0 Å². The van der Waals surface area contributed by atoms with Crippen LogP contribution in [0, 0.1) is 5.92 Å². The fraction of sp³-hybridized carbons (Fsp3) is 0.684. The summed E-state index contributed by atoms with van der Waals surface area (Å²) in [7, 11) is 0. The van der Waals surface area contributed by atoms with Gasteiger partial charge in [0.05, 0.1) is 12.9 Å². The van der Waals surface area contributed by atoms with Gasteiger partial charge in [0.15, 0.2) is 17.7 Å². The van der Waals surface area contributed by atoms with Gasteiger partial charge in [0.2, 0.25) is 5.95 Å². The summed E-state index contributed by atoms with van der Waals surface area (Å²) in [5, 5.41) is 33.8. The molecule has 166 valence electrons. The quantitative estimate of drug-likeness (QED) is 0.278. The van der Waals surface area contributed by atoms with E-state index in [2.05, 4.69) is 39.3 Å². The number of nitrogens with two attached hydrogens (primary N) is 1. The molecule has 11 heteroatoms. The minimum absolute atomic E-state index is 0.151. The Labute approximate surface area is 175 Å². The topological polar surface area (TPSA) is 164 Å². The summed E-state index contributed by atoms with van der Waals surface area (Å²) < 4.78 is 7.02. The number of nitrogens with one attached hydrogen (secondary N) is 1. The minimum Gasteiger partial charge on any atom is -0.394 e. The van der Waals surface area contributed by atoms with Gasteiger partial charge < -0.3 is 25.8 Å². The predicted molar refractivity (Wildman–Crippen MR) is 113 cm³/mol. The molecule has 3 rings (SSSR count). The number of nitrogen functional groups attached to an aromatic ring is 1.